The molecule has 0 bridgehead atoms. The van der Waals surface area contributed by atoms with E-state index in [4.69, 9.17) is 16.6 Å². The maximum absolute atomic E-state index is 10.8. The van der Waals surface area contributed by atoms with E-state index in [0.717, 1.165) is 0 Å². The third-order valence-electron chi connectivity index (χ3n) is 1.23. The van der Waals surface area contributed by atoms with Gasteiger partial charge in [0.1, 0.15) is 6.04 Å². The third-order valence-corrected chi connectivity index (χ3v) is 1.23. The molecule has 0 aliphatic carbocycles. The van der Waals surface area contributed by atoms with Crippen LogP contribution in [-0.4, -0.2) is 36.1 Å². The highest BCUT2D eigenvalue weighted by Crippen LogP contribution is 1.82. The van der Waals surface area contributed by atoms with E-state index >= 15 is 0 Å². The number of carbonyl (C=O) groups excluding carboxylic acids is 2. The minimum absolute atomic E-state index is 0.115. The average Bonchev–Trinajstić information content (AvgIpc) is 2.00. The standard InChI is InChI=1S/C6H13N3O3/c7-2-1-5(11)9-4(3-10)6(8)12/h4,10H,1-3,7H2,(H2,8,12)(H,9,11). The first-order valence-corrected chi connectivity index (χ1v) is 3.51. The third kappa shape index (κ3) is 3.89. The van der Waals surface area contributed by atoms with Gasteiger partial charge >= 0.3 is 0 Å². The van der Waals surface area contributed by atoms with Crippen LogP contribution in [0.2, 0.25) is 0 Å². The molecule has 0 aliphatic heterocycles. The molecule has 0 saturated heterocycles. The van der Waals surface area contributed by atoms with E-state index in [9.17, 15) is 9.59 Å². The first kappa shape index (κ1) is 10.9. The van der Waals surface area contributed by atoms with E-state index < -0.39 is 24.5 Å². The van der Waals surface area contributed by atoms with Gasteiger partial charge in [0.15, 0.2) is 0 Å². The quantitative estimate of drug-likeness (QED) is 0.363. The second-order valence-corrected chi connectivity index (χ2v) is 2.24. The Morgan fingerprint density at radius 3 is 2.42 bits per heavy atom. The average molecular weight is 175 g/mol. The topological polar surface area (TPSA) is 118 Å². The van der Waals surface area contributed by atoms with Gasteiger partial charge in [-0.3, -0.25) is 9.59 Å². The molecular weight excluding hydrogens is 162 g/mol. The molecule has 0 spiro atoms. The van der Waals surface area contributed by atoms with Gasteiger partial charge in [-0.25, -0.2) is 0 Å². The first-order chi connectivity index (χ1) is 5.61. The van der Waals surface area contributed by atoms with Crippen LogP contribution in [0.25, 0.3) is 0 Å². The second-order valence-electron chi connectivity index (χ2n) is 2.24. The van der Waals surface area contributed by atoms with Crippen LogP contribution >= 0.6 is 0 Å². The number of nitrogens with two attached hydrogens (primary N) is 2. The van der Waals surface area contributed by atoms with Gasteiger partial charge in [-0.1, -0.05) is 0 Å². The van der Waals surface area contributed by atoms with Crippen LogP contribution < -0.4 is 16.8 Å². The number of hydrogen-bond donors (Lipinski definition) is 4. The fourth-order valence-corrected chi connectivity index (χ4v) is 0.604. The number of primary amides is 1. The molecule has 6 nitrogen and oxygen atoms in total. The van der Waals surface area contributed by atoms with Gasteiger partial charge in [-0.05, 0) is 0 Å². The normalized spacial score (nSPS) is 12.2. The van der Waals surface area contributed by atoms with Crippen LogP contribution in [-0.2, 0) is 9.59 Å². The molecule has 0 aliphatic rings. The van der Waals surface area contributed by atoms with E-state index in [1.807, 2.05) is 0 Å². The van der Waals surface area contributed by atoms with Gasteiger partial charge in [0.2, 0.25) is 11.8 Å². The second kappa shape index (κ2) is 5.50. The Balaban J connectivity index is 3.85. The summed E-state index contributed by atoms with van der Waals surface area (Å²) in [7, 11) is 0. The van der Waals surface area contributed by atoms with Crippen LogP contribution in [0, 0.1) is 0 Å². The van der Waals surface area contributed by atoms with Gasteiger partial charge < -0.3 is 21.9 Å². The van der Waals surface area contributed by atoms with E-state index in [-0.39, 0.29) is 13.0 Å². The number of nitrogens with one attached hydrogen (secondary N) is 1. The number of hydrogen-bond acceptors (Lipinski definition) is 4. The predicted octanol–water partition coefficient (Wildman–Crippen LogP) is -2.70. The maximum Gasteiger partial charge on any atom is 0.242 e. The maximum atomic E-state index is 10.8. The Morgan fingerprint density at radius 2 is 2.08 bits per heavy atom. The largest absolute Gasteiger partial charge is 0.394 e. The molecule has 0 aromatic carbocycles. The van der Waals surface area contributed by atoms with Crippen molar-refractivity contribution in [2.75, 3.05) is 13.2 Å². The molecule has 0 heterocycles. The molecule has 0 aromatic heterocycles. The molecule has 6 N–H and O–H groups in total. The highest BCUT2D eigenvalue weighted by Gasteiger charge is 2.15. The summed E-state index contributed by atoms with van der Waals surface area (Å²) in [6.07, 6.45) is 0.115. The van der Waals surface area contributed by atoms with Crippen molar-refractivity contribution in [3.05, 3.63) is 0 Å². The van der Waals surface area contributed by atoms with Crippen LogP contribution in [0.5, 0.6) is 0 Å². The summed E-state index contributed by atoms with van der Waals surface area (Å²) in [6, 6.07) is -1.01. The lowest BCUT2D eigenvalue weighted by atomic mass is 10.3. The highest BCUT2D eigenvalue weighted by molar-refractivity contribution is 5.86. The summed E-state index contributed by atoms with van der Waals surface area (Å²) in [5.41, 5.74) is 9.93. The Kier molecular flexibility index (Phi) is 4.98. The Morgan fingerprint density at radius 1 is 1.50 bits per heavy atom. The fraction of sp³-hybridized carbons (Fsp3) is 0.667. The molecule has 0 rings (SSSR count). The van der Waals surface area contributed by atoms with Crippen molar-refractivity contribution in [2.24, 2.45) is 11.5 Å². The molecule has 2 amide bonds. The van der Waals surface area contributed by atoms with Gasteiger partial charge in [0.05, 0.1) is 6.61 Å². The summed E-state index contributed by atoms with van der Waals surface area (Å²) >= 11 is 0. The number of carbonyl (C=O) groups is 2. The van der Waals surface area contributed by atoms with Gasteiger partial charge in [-0.15, -0.1) is 0 Å². The molecule has 6 heteroatoms. The Hall–Kier alpha value is -1.14. The van der Waals surface area contributed by atoms with E-state index in [1.165, 1.54) is 0 Å². The fourth-order valence-electron chi connectivity index (χ4n) is 0.604. The van der Waals surface area contributed by atoms with Crippen molar-refractivity contribution >= 4 is 11.8 Å². The van der Waals surface area contributed by atoms with Crippen LogP contribution in [0.3, 0.4) is 0 Å². The summed E-state index contributed by atoms with van der Waals surface area (Å²) in [6.45, 7) is -0.297. The monoisotopic (exact) mass is 175 g/mol. The Bertz CT molecular complexity index is 171. The molecule has 0 radical (unpaired) electrons. The SMILES string of the molecule is NCCC(=O)NC(CO)C(N)=O. The molecule has 12 heavy (non-hydrogen) atoms. The molecular formula is C6H13N3O3. The minimum Gasteiger partial charge on any atom is -0.394 e. The molecule has 1 unspecified atom stereocenters. The van der Waals surface area contributed by atoms with Crippen molar-refractivity contribution in [2.45, 2.75) is 12.5 Å². The van der Waals surface area contributed by atoms with Crippen molar-refractivity contribution in [3.8, 4) is 0 Å². The van der Waals surface area contributed by atoms with Crippen LogP contribution in [0.15, 0.2) is 0 Å². The molecule has 0 saturated carbocycles. The number of aliphatic hydroxyl groups excluding tert-OH is 1. The highest BCUT2D eigenvalue weighted by atomic mass is 16.3. The number of rotatable bonds is 5. The van der Waals surface area contributed by atoms with E-state index in [0.29, 0.717) is 0 Å². The number of amides is 2. The lowest BCUT2D eigenvalue weighted by Crippen LogP contribution is -2.47. The summed E-state index contributed by atoms with van der Waals surface area (Å²) < 4.78 is 0. The number of aliphatic hydroxyl groups is 1. The van der Waals surface area contributed by atoms with Crippen molar-refractivity contribution in [1.82, 2.24) is 5.32 Å². The zero-order valence-electron chi connectivity index (χ0n) is 6.62. The van der Waals surface area contributed by atoms with Crippen molar-refractivity contribution in [3.63, 3.8) is 0 Å². The van der Waals surface area contributed by atoms with Gasteiger partial charge in [-0.2, -0.15) is 0 Å². The zero-order valence-corrected chi connectivity index (χ0v) is 6.62. The van der Waals surface area contributed by atoms with Crippen molar-refractivity contribution in [1.29, 1.82) is 0 Å². The molecule has 0 fully saturated rings. The van der Waals surface area contributed by atoms with E-state index in [1.54, 1.807) is 0 Å². The molecule has 1 atom stereocenters. The first-order valence-electron chi connectivity index (χ1n) is 3.51. The van der Waals surface area contributed by atoms with Crippen LogP contribution in [0.1, 0.15) is 6.42 Å². The van der Waals surface area contributed by atoms with Crippen LogP contribution in [0.4, 0.5) is 0 Å². The summed E-state index contributed by atoms with van der Waals surface area (Å²) in [4.78, 5) is 21.3. The van der Waals surface area contributed by atoms with Crippen molar-refractivity contribution < 1.29 is 14.7 Å². The zero-order chi connectivity index (χ0) is 9.56. The summed E-state index contributed by atoms with van der Waals surface area (Å²) in [5.74, 6) is -1.15. The van der Waals surface area contributed by atoms with Gasteiger partial charge in [0.25, 0.3) is 0 Å². The lowest BCUT2D eigenvalue weighted by Gasteiger charge is -2.11. The summed E-state index contributed by atoms with van der Waals surface area (Å²) in [5, 5.41) is 10.8. The lowest BCUT2D eigenvalue weighted by molar-refractivity contribution is -0.128. The van der Waals surface area contributed by atoms with E-state index in [2.05, 4.69) is 5.32 Å². The minimum atomic E-state index is -1.01. The molecule has 70 valence electrons. The van der Waals surface area contributed by atoms with Gasteiger partial charge in [0, 0.05) is 13.0 Å². The smallest absolute Gasteiger partial charge is 0.242 e. The Labute approximate surface area is 69.9 Å². The predicted molar refractivity (Wildman–Crippen MR) is 41.9 cm³/mol. The molecule has 0 aromatic rings.